The molecule has 0 N–H and O–H groups in total. The molecule has 2 atom stereocenters. The number of benzene rings is 3. The third-order valence-corrected chi connectivity index (χ3v) is 6.74. The molecule has 176 valence electrons. The Hall–Kier alpha value is -3.97. The second kappa shape index (κ2) is 10.1. The van der Waals surface area contributed by atoms with Gasteiger partial charge in [-0.15, -0.1) is 5.92 Å². The standard InChI is InChI=1S/C31H30N2O2/c1-3-4-21-32-27-19-12-11-18-26(27)29(24-14-7-5-8-15-24)30(32)28-20-13-22-33(28)31(34)23(2)35-25-16-9-6-10-17-25/h5-12,14-19,23,28H,13,20-22H2,1-2H3. The summed E-state index contributed by atoms with van der Waals surface area (Å²) in [5, 5.41) is 1.19. The Balaban J connectivity index is 1.60. The molecule has 2 heterocycles. The molecule has 4 heteroatoms. The molecule has 35 heavy (non-hydrogen) atoms. The van der Waals surface area contributed by atoms with Crippen LogP contribution in [0.25, 0.3) is 22.0 Å². The predicted molar refractivity (Wildman–Crippen MR) is 141 cm³/mol. The van der Waals surface area contributed by atoms with E-state index in [0.29, 0.717) is 12.3 Å². The maximum Gasteiger partial charge on any atom is 0.263 e. The van der Waals surface area contributed by atoms with Crippen LogP contribution in [0.1, 0.15) is 38.4 Å². The molecule has 0 saturated carbocycles. The fraction of sp³-hybridized carbons (Fsp3) is 0.258. The smallest absolute Gasteiger partial charge is 0.263 e. The summed E-state index contributed by atoms with van der Waals surface area (Å²) in [7, 11) is 0. The summed E-state index contributed by atoms with van der Waals surface area (Å²) < 4.78 is 8.33. The van der Waals surface area contributed by atoms with E-state index in [0.717, 1.165) is 36.2 Å². The average molecular weight is 463 g/mol. The van der Waals surface area contributed by atoms with Crippen LogP contribution >= 0.6 is 0 Å². The summed E-state index contributed by atoms with van der Waals surface area (Å²) in [6, 6.07) is 28.5. The van der Waals surface area contributed by atoms with Gasteiger partial charge in [-0.3, -0.25) is 4.79 Å². The lowest BCUT2D eigenvalue weighted by Gasteiger charge is -2.29. The molecular weight excluding hydrogens is 432 g/mol. The molecule has 1 aliphatic rings. The van der Waals surface area contributed by atoms with Crippen LogP contribution in [0.5, 0.6) is 5.75 Å². The maximum atomic E-state index is 13.7. The molecule has 3 aromatic carbocycles. The highest BCUT2D eigenvalue weighted by Crippen LogP contribution is 2.43. The molecule has 1 fully saturated rings. The van der Waals surface area contributed by atoms with E-state index >= 15 is 0 Å². The van der Waals surface area contributed by atoms with Crippen molar-refractivity contribution in [1.82, 2.24) is 9.47 Å². The first kappa shape index (κ1) is 22.8. The van der Waals surface area contributed by atoms with Gasteiger partial charge in [-0.2, -0.15) is 0 Å². The van der Waals surface area contributed by atoms with Gasteiger partial charge in [-0.25, -0.2) is 0 Å². The fourth-order valence-electron chi connectivity index (χ4n) is 5.21. The molecule has 0 bridgehead atoms. The van der Waals surface area contributed by atoms with Crippen LogP contribution in [0.3, 0.4) is 0 Å². The number of nitrogens with zero attached hydrogens (tertiary/aromatic N) is 2. The molecular formula is C31H30N2O2. The number of para-hydroxylation sites is 2. The van der Waals surface area contributed by atoms with Crippen molar-refractivity contribution in [2.24, 2.45) is 0 Å². The Labute approximate surface area is 207 Å². The summed E-state index contributed by atoms with van der Waals surface area (Å²) in [5.74, 6) is 7.06. The van der Waals surface area contributed by atoms with Gasteiger partial charge in [0, 0.05) is 23.0 Å². The average Bonchev–Trinajstić information content (AvgIpc) is 3.50. The van der Waals surface area contributed by atoms with E-state index in [1.54, 1.807) is 0 Å². The van der Waals surface area contributed by atoms with Gasteiger partial charge in [0.1, 0.15) is 5.75 Å². The van der Waals surface area contributed by atoms with Crippen molar-refractivity contribution < 1.29 is 9.53 Å². The van der Waals surface area contributed by atoms with E-state index in [-0.39, 0.29) is 11.9 Å². The predicted octanol–water partition coefficient (Wildman–Crippen LogP) is 6.46. The van der Waals surface area contributed by atoms with Crippen LogP contribution in [0.15, 0.2) is 84.9 Å². The van der Waals surface area contributed by atoms with E-state index in [9.17, 15) is 4.79 Å². The van der Waals surface area contributed by atoms with Crippen LogP contribution in [0.4, 0.5) is 0 Å². The summed E-state index contributed by atoms with van der Waals surface area (Å²) in [6.07, 6.45) is 1.31. The van der Waals surface area contributed by atoms with Gasteiger partial charge in [0.25, 0.3) is 5.91 Å². The Morgan fingerprint density at radius 1 is 1.00 bits per heavy atom. The van der Waals surface area contributed by atoms with Gasteiger partial charge in [-0.05, 0) is 50.5 Å². The van der Waals surface area contributed by atoms with Gasteiger partial charge in [-0.1, -0.05) is 72.7 Å². The molecule has 1 aliphatic heterocycles. The molecule has 4 aromatic rings. The van der Waals surface area contributed by atoms with Gasteiger partial charge < -0.3 is 14.2 Å². The Kier molecular flexibility index (Phi) is 6.59. The molecule has 0 spiro atoms. The van der Waals surface area contributed by atoms with E-state index in [1.807, 2.05) is 55.1 Å². The van der Waals surface area contributed by atoms with Crippen molar-refractivity contribution in [1.29, 1.82) is 0 Å². The van der Waals surface area contributed by atoms with Gasteiger partial charge in [0.2, 0.25) is 0 Å². The molecule has 1 aromatic heterocycles. The molecule has 1 saturated heterocycles. The monoisotopic (exact) mass is 462 g/mol. The number of fused-ring (bicyclic) bond motifs is 1. The van der Waals surface area contributed by atoms with Crippen LogP contribution in [0.2, 0.25) is 0 Å². The van der Waals surface area contributed by atoms with Crippen molar-refractivity contribution >= 4 is 16.8 Å². The zero-order chi connectivity index (χ0) is 24.2. The highest BCUT2D eigenvalue weighted by Gasteiger charge is 2.37. The third-order valence-electron chi connectivity index (χ3n) is 6.74. The van der Waals surface area contributed by atoms with Crippen molar-refractivity contribution in [2.45, 2.75) is 45.4 Å². The molecule has 1 amide bonds. The van der Waals surface area contributed by atoms with Crippen molar-refractivity contribution in [3.63, 3.8) is 0 Å². The molecule has 0 radical (unpaired) electrons. The number of ether oxygens (including phenoxy) is 1. The van der Waals surface area contributed by atoms with Crippen molar-refractivity contribution in [2.75, 3.05) is 6.54 Å². The van der Waals surface area contributed by atoms with E-state index < -0.39 is 6.10 Å². The highest BCUT2D eigenvalue weighted by molar-refractivity contribution is 5.99. The molecule has 5 rings (SSSR count). The maximum absolute atomic E-state index is 13.7. The lowest BCUT2D eigenvalue weighted by atomic mass is 9.97. The number of aromatic nitrogens is 1. The Morgan fingerprint density at radius 2 is 1.69 bits per heavy atom. The number of likely N-dealkylation sites (tertiary alicyclic amines) is 1. The topological polar surface area (TPSA) is 34.5 Å². The fourth-order valence-corrected chi connectivity index (χ4v) is 5.21. The number of carbonyl (C=O) groups excluding carboxylic acids is 1. The number of rotatable bonds is 6. The van der Waals surface area contributed by atoms with Crippen LogP contribution in [0, 0.1) is 11.8 Å². The van der Waals surface area contributed by atoms with Gasteiger partial charge >= 0.3 is 0 Å². The summed E-state index contributed by atoms with van der Waals surface area (Å²) in [5.41, 5.74) is 4.67. The number of carbonyl (C=O) groups is 1. The lowest BCUT2D eigenvalue weighted by Crippen LogP contribution is -2.40. The normalized spacial score (nSPS) is 16.1. The van der Waals surface area contributed by atoms with Crippen molar-refractivity contribution in [3.05, 3.63) is 90.6 Å². The van der Waals surface area contributed by atoms with E-state index in [1.165, 1.54) is 10.9 Å². The van der Waals surface area contributed by atoms with Crippen LogP contribution in [-0.4, -0.2) is 28.0 Å². The van der Waals surface area contributed by atoms with E-state index in [2.05, 4.69) is 64.9 Å². The third kappa shape index (κ3) is 4.42. The SMILES string of the molecule is CC#CCn1c(C2CCCN2C(=O)C(C)Oc2ccccc2)c(-c2ccccc2)c2ccccc21. The number of hydrogen-bond donors (Lipinski definition) is 0. The van der Waals surface area contributed by atoms with Gasteiger partial charge in [0.05, 0.1) is 18.3 Å². The highest BCUT2D eigenvalue weighted by atomic mass is 16.5. The first-order valence-electron chi connectivity index (χ1n) is 12.3. The minimum absolute atomic E-state index is 0.0220. The number of amides is 1. The van der Waals surface area contributed by atoms with E-state index in [4.69, 9.17) is 4.74 Å². The zero-order valence-electron chi connectivity index (χ0n) is 20.3. The molecule has 4 nitrogen and oxygen atoms in total. The lowest BCUT2D eigenvalue weighted by molar-refractivity contribution is -0.139. The summed E-state index contributed by atoms with van der Waals surface area (Å²) >= 11 is 0. The largest absolute Gasteiger partial charge is 0.481 e. The Morgan fingerprint density at radius 3 is 2.43 bits per heavy atom. The molecule has 2 unspecified atom stereocenters. The zero-order valence-corrected chi connectivity index (χ0v) is 20.3. The van der Waals surface area contributed by atoms with Crippen LogP contribution < -0.4 is 4.74 Å². The summed E-state index contributed by atoms with van der Waals surface area (Å²) in [6.45, 7) is 5.04. The first-order valence-corrected chi connectivity index (χ1v) is 12.3. The quantitative estimate of drug-likeness (QED) is 0.308. The van der Waals surface area contributed by atoms with Crippen molar-refractivity contribution in [3.8, 4) is 28.7 Å². The van der Waals surface area contributed by atoms with Crippen LogP contribution in [-0.2, 0) is 11.3 Å². The first-order chi connectivity index (χ1) is 17.2. The minimum atomic E-state index is -0.563. The minimum Gasteiger partial charge on any atom is -0.481 e. The summed E-state index contributed by atoms with van der Waals surface area (Å²) in [4.78, 5) is 15.7. The number of hydrogen-bond acceptors (Lipinski definition) is 2. The molecule has 0 aliphatic carbocycles. The van der Waals surface area contributed by atoms with Gasteiger partial charge in [0.15, 0.2) is 6.10 Å². The second-order valence-corrected chi connectivity index (χ2v) is 8.92. The Bertz CT molecular complexity index is 1380. The second-order valence-electron chi connectivity index (χ2n) is 8.92.